The molecule has 22 heavy (non-hydrogen) atoms. The zero-order chi connectivity index (χ0) is 15.6. The lowest BCUT2D eigenvalue weighted by Crippen LogP contribution is -2.51. The van der Waals surface area contributed by atoms with Crippen LogP contribution in [0, 0.1) is 5.82 Å². The third-order valence-corrected chi connectivity index (χ3v) is 5.54. The molecular weight excluding hydrogens is 351 g/mol. The molecule has 2 heterocycles. The second kappa shape index (κ2) is 4.49. The van der Waals surface area contributed by atoms with E-state index in [0.29, 0.717) is 22.8 Å². The molecule has 1 amide bonds. The van der Waals surface area contributed by atoms with Crippen LogP contribution >= 0.6 is 15.9 Å². The van der Waals surface area contributed by atoms with E-state index in [9.17, 15) is 9.18 Å². The number of hydrogen-bond acceptors (Lipinski definition) is 3. The molecule has 4 rings (SSSR count). The molecule has 0 bridgehead atoms. The molecule has 1 fully saturated rings. The van der Waals surface area contributed by atoms with Crippen molar-refractivity contribution in [1.29, 1.82) is 0 Å². The molecule has 2 aliphatic rings. The standard InChI is InChI=1S/C16H14BrFN2O2/c1-20-13-7-19-12-4-11(18)10(17)3-9(12)14(13)16(15(20)21)5-8(6-16)22-2/h3-4,7-8H,5-6H2,1-2H3. The maximum Gasteiger partial charge on any atom is 0.237 e. The molecular formula is C16H14BrFN2O2. The summed E-state index contributed by atoms with van der Waals surface area (Å²) in [6.45, 7) is 0. The van der Waals surface area contributed by atoms with Crippen LogP contribution in [0.15, 0.2) is 22.8 Å². The summed E-state index contributed by atoms with van der Waals surface area (Å²) in [4.78, 5) is 18.8. The number of aromatic nitrogens is 1. The lowest BCUT2D eigenvalue weighted by molar-refractivity contribution is -0.131. The number of ether oxygens (including phenoxy) is 1. The van der Waals surface area contributed by atoms with Gasteiger partial charge in [0, 0.05) is 31.2 Å². The number of nitrogens with zero attached hydrogens (tertiary/aromatic N) is 2. The van der Waals surface area contributed by atoms with Gasteiger partial charge in [-0.2, -0.15) is 0 Å². The van der Waals surface area contributed by atoms with Gasteiger partial charge in [-0.1, -0.05) is 0 Å². The van der Waals surface area contributed by atoms with Crippen molar-refractivity contribution in [3.63, 3.8) is 0 Å². The average molecular weight is 365 g/mol. The van der Waals surface area contributed by atoms with E-state index < -0.39 is 5.41 Å². The highest BCUT2D eigenvalue weighted by Crippen LogP contribution is 2.55. The quantitative estimate of drug-likeness (QED) is 0.780. The van der Waals surface area contributed by atoms with E-state index in [2.05, 4.69) is 20.9 Å². The minimum Gasteiger partial charge on any atom is -0.381 e. The summed E-state index contributed by atoms with van der Waals surface area (Å²) in [7, 11) is 3.43. The predicted octanol–water partition coefficient (Wildman–Crippen LogP) is 3.16. The Morgan fingerprint density at radius 3 is 2.86 bits per heavy atom. The zero-order valence-electron chi connectivity index (χ0n) is 12.2. The van der Waals surface area contributed by atoms with Crippen molar-refractivity contribution in [3.05, 3.63) is 34.2 Å². The highest BCUT2D eigenvalue weighted by molar-refractivity contribution is 9.10. The van der Waals surface area contributed by atoms with Gasteiger partial charge in [0.15, 0.2) is 0 Å². The maximum absolute atomic E-state index is 13.8. The summed E-state index contributed by atoms with van der Waals surface area (Å²) in [5.74, 6) is -0.277. The first kappa shape index (κ1) is 14.1. The van der Waals surface area contributed by atoms with Crippen molar-refractivity contribution in [3.8, 4) is 0 Å². The van der Waals surface area contributed by atoms with Gasteiger partial charge < -0.3 is 9.64 Å². The minimum absolute atomic E-state index is 0.0746. The van der Waals surface area contributed by atoms with Crippen LogP contribution in [0.2, 0.25) is 0 Å². The van der Waals surface area contributed by atoms with E-state index in [1.807, 2.05) is 0 Å². The number of rotatable bonds is 1. The molecule has 1 aromatic carbocycles. The van der Waals surface area contributed by atoms with Gasteiger partial charge >= 0.3 is 0 Å². The molecule has 4 nitrogen and oxygen atoms in total. The summed E-state index contributed by atoms with van der Waals surface area (Å²) in [6, 6.07) is 3.13. The van der Waals surface area contributed by atoms with E-state index in [4.69, 9.17) is 4.74 Å². The van der Waals surface area contributed by atoms with Crippen LogP contribution in [-0.2, 0) is 14.9 Å². The van der Waals surface area contributed by atoms with Crippen LogP contribution in [0.5, 0.6) is 0 Å². The normalized spacial score (nSPS) is 26.6. The Morgan fingerprint density at radius 1 is 1.45 bits per heavy atom. The van der Waals surface area contributed by atoms with E-state index >= 15 is 0 Å². The first-order chi connectivity index (χ1) is 10.5. The number of benzene rings is 1. The van der Waals surface area contributed by atoms with E-state index in [-0.39, 0.29) is 17.8 Å². The van der Waals surface area contributed by atoms with Crippen LogP contribution in [0.3, 0.4) is 0 Å². The number of anilines is 1. The van der Waals surface area contributed by atoms with Gasteiger partial charge in [-0.15, -0.1) is 0 Å². The Morgan fingerprint density at radius 2 is 2.18 bits per heavy atom. The first-order valence-corrected chi connectivity index (χ1v) is 7.86. The number of hydrogen-bond donors (Lipinski definition) is 0. The van der Waals surface area contributed by atoms with Crippen LogP contribution < -0.4 is 4.90 Å². The third kappa shape index (κ3) is 1.59. The number of amides is 1. The van der Waals surface area contributed by atoms with Gasteiger partial charge in [-0.3, -0.25) is 9.78 Å². The number of pyridine rings is 1. The smallest absolute Gasteiger partial charge is 0.237 e. The van der Waals surface area contributed by atoms with E-state index in [1.165, 1.54) is 6.07 Å². The first-order valence-electron chi connectivity index (χ1n) is 7.07. The topological polar surface area (TPSA) is 42.4 Å². The van der Waals surface area contributed by atoms with Gasteiger partial charge in [0.1, 0.15) is 5.82 Å². The molecule has 0 saturated heterocycles. The molecule has 1 aromatic heterocycles. The SMILES string of the molecule is COC1CC2(C1)C(=O)N(C)c1cnc3cc(F)c(Br)cc3c12. The van der Waals surface area contributed by atoms with Gasteiger partial charge in [-0.25, -0.2) is 4.39 Å². The Labute approximate surface area is 135 Å². The van der Waals surface area contributed by atoms with Crippen molar-refractivity contribution in [2.75, 3.05) is 19.1 Å². The van der Waals surface area contributed by atoms with Crippen molar-refractivity contribution in [2.24, 2.45) is 0 Å². The maximum atomic E-state index is 13.8. The summed E-state index contributed by atoms with van der Waals surface area (Å²) in [5, 5.41) is 0.832. The predicted molar refractivity (Wildman–Crippen MR) is 84.5 cm³/mol. The van der Waals surface area contributed by atoms with Crippen molar-refractivity contribution in [1.82, 2.24) is 4.98 Å². The zero-order valence-corrected chi connectivity index (χ0v) is 13.8. The van der Waals surface area contributed by atoms with Crippen molar-refractivity contribution >= 4 is 38.4 Å². The lowest BCUT2D eigenvalue weighted by atomic mass is 9.62. The van der Waals surface area contributed by atoms with Gasteiger partial charge in [0.25, 0.3) is 0 Å². The molecule has 6 heteroatoms. The highest BCUT2D eigenvalue weighted by atomic mass is 79.9. The van der Waals surface area contributed by atoms with E-state index in [1.54, 1.807) is 31.3 Å². The molecule has 0 radical (unpaired) electrons. The molecule has 2 aromatic rings. The second-order valence-electron chi connectivity index (χ2n) is 6.01. The average Bonchev–Trinajstić information content (AvgIpc) is 2.68. The Balaban J connectivity index is 2.01. The molecule has 0 atom stereocenters. The Bertz CT molecular complexity index is 817. The number of likely N-dealkylation sites (N-methyl/N-ethyl adjacent to an activating group) is 1. The minimum atomic E-state index is -0.552. The largest absolute Gasteiger partial charge is 0.381 e. The third-order valence-electron chi connectivity index (χ3n) is 4.93. The van der Waals surface area contributed by atoms with Crippen LogP contribution in [0.25, 0.3) is 10.9 Å². The molecule has 0 unspecified atom stereocenters. The van der Waals surface area contributed by atoms with Crippen LogP contribution in [0.4, 0.5) is 10.1 Å². The molecule has 1 aliphatic carbocycles. The van der Waals surface area contributed by atoms with Gasteiger partial charge in [0.2, 0.25) is 5.91 Å². The Kier molecular flexibility index (Phi) is 2.87. The number of carbonyl (C=O) groups excluding carboxylic acids is 1. The fourth-order valence-corrected chi connectivity index (χ4v) is 4.08. The summed E-state index contributed by atoms with van der Waals surface area (Å²) >= 11 is 3.23. The summed E-state index contributed by atoms with van der Waals surface area (Å²) < 4.78 is 19.5. The van der Waals surface area contributed by atoms with Crippen LogP contribution in [-0.4, -0.2) is 31.2 Å². The molecule has 1 saturated carbocycles. The van der Waals surface area contributed by atoms with Gasteiger partial charge in [0.05, 0.1) is 33.4 Å². The van der Waals surface area contributed by atoms with Crippen LogP contribution in [0.1, 0.15) is 18.4 Å². The highest BCUT2D eigenvalue weighted by Gasteiger charge is 2.58. The fraction of sp³-hybridized carbons (Fsp3) is 0.375. The second-order valence-corrected chi connectivity index (χ2v) is 6.87. The Hall–Kier alpha value is -1.53. The molecule has 0 N–H and O–H groups in total. The summed E-state index contributed by atoms with van der Waals surface area (Å²) in [5.41, 5.74) is 1.79. The monoisotopic (exact) mass is 364 g/mol. The fourth-order valence-electron chi connectivity index (χ4n) is 3.73. The number of halogens is 2. The van der Waals surface area contributed by atoms with Crippen molar-refractivity contribution in [2.45, 2.75) is 24.4 Å². The molecule has 114 valence electrons. The van der Waals surface area contributed by atoms with Gasteiger partial charge in [-0.05, 0) is 34.8 Å². The number of carbonyl (C=O) groups is 1. The van der Waals surface area contributed by atoms with Crippen molar-refractivity contribution < 1.29 is 13.9 Å². The summed E-state index contributed by atoms with van der Waals surface area (Å²) in [6.07, 6.45) is 3.08. The number of methoxy groups -OCH3 is 1. The van der Waals surface area contributed by atoms with E-state index in [0.717, 1.165) is 16.6 Å². The molecule has 1 spiro atoms. The lowest BCUT2D eigenvalue weighted by Gasteiger charge is -2.43. The number of fused-ring (bicyclic) bond motifs is 4. The molecule has 1 aliphatic heterocycles.